The molecule has 0 saturated heterocycles. The molecule has 3 nitrogen and oxygen atoms in total. The highest BCUT2D eigenvalue weighted by Crippen LogP contribution is 2.13. The van der Waals surface area contributed by atoms with Crippen molar-refractivity contribution in [3.05, 3.63) is 59.5 Å². The Morgan fingerprint density at radius 2 is 2.00 bits per heavy atom. The number of benzene rings is 1. The lowest BCUT2D eigenvalue weighted by molar-refractivity contribution is -0.121. The Morgan fingerprint density at radius 1 is 1.26 bits per heavy atom. The summed E-state index contributed by atoms with van der Waals surface area (Å²) in [6.07, 6.45) is 2.71. The summed E-state index contributed by atoms with van der Waals surface area (Å²) in [6.45, 7) is 4.05. The first-order valence-corrected chi connectivity index (χ1v) is 6.53. The standard InChI is InChI=1S/C16H19NO2/c1-12-5-7-14(8-6-12)13(2)17-16(18)10-9-15-4-3-11-19-15/h3-8,11,13H,9-10H2,1-2H3,(H,17,18). The predicted molar refractivity (Wildman–Crippen MR) is 74.8 cm³/mol. The van der Waals surface area contributed by atoms with E-state index in [-0.39, 0.29) is 11.9 Å². The van der Waals surface area contributed by atoms with Crippen molar-refractivity contribution in [3.63, 3.8) is 0 Å². The Balaban J connectivity index is 1.83. The Bertz CT molecular complexity index is 514. The minimum absolute atomic E-state index is 0.0321. The number of amides is 1. The highest BCUT2D eigenvalue weighted by atomic mass is 16.3. The zero-order chi connectivity index (χ0) is 13.7. The van der Waals surface area contributed by atoms with Crippen LogP contribution in [0.15, 0.2) is 47.1 Å². The van der Waals surface area contributed by atoms with E-state index in [0.29, 0.717) is 12.8 Å². The molecule has 0 spiro atoms. The van der Waals surface area contributed by atoms with Crippen LogP contribution in [0.1, 0.15) is 36.3 Å². The van der Waals surface area contributed by atoms with Gasteiger partial charge in [0.2, 0.25) is 5.91 Å². The second-order valence-corrected chi connectivity index (χ2v) is 4.78. The quantitative estimate of drug-likeness (QED) is 0.892. The van der Waals surface area contributed by atoms with Crippen molar-refractivity contribution in [2.75, 3.05) is 0 Å². The molecular formula is C16H19NO2. The van der Waals surface area contributed by atoms with E-state index in [1.54, 1.807) is 6.26 Å². The van der Waals surface area contributed by atoms with Crippen LogP contribution in [0.3, 0.4) is 0 Å². The number of furan rings is 1. The highest BCUT2D eigenvalue weighted by molar-refractivity contribution is 5.76. The molecule has 0 aliphatic rings. The largest absolute Gasteiger partial charge is 0.469 e. The molecule has 0 fully saturated rings. The zero-order valence-corrected chi connectivity index (χ0v) is 11.3. The highest BCUT2D eigenvalue weighted by Gasteiger charge is 2.09. The second kappa shape index (κ2) is 6.23. The van der Waals surface area contributed by atoms with Gasteiger partial charge in [-0.25, -0.2) is 0 Å². The minimum Gasteiger partial charge on any atom is -0.469 e. The fourth-order valence-electron chi connectivity index (χ4n) is 1.94. The molecule has 2 rings (SSSR count). The van der Waals surface area contributed by atoms with Gasteiger partial charge >= 0.3 is 0 Å². The molecule has 1 aromatic heterocycles. The van der Waals surface area contributed by atoms with Gasteiger partial charge in [0, 0.05) is 12.8 Å². The fraction of sp³-hybridized carbons (Fsp3) is 0.312. The van der Waals surface area contributed by atoms with Gasteiger partial charge in [-0.15, -0.1) is 0 Å². The average molecular weight is 257 g/mol. The van der Waals surface area contributed by atoms with Crippen molar-refractivity contribution in [1.29, 1.82) is 0 Å². The van der Waals surface area contributed by atoms with Crippen molar-refractivity contribution in [1.82, 2.24) is 5.32 Å². The Morgan fingerprint density at radius 3 is 2.63 bits per heavy atom. The van der Waals surface area contributed by atoms with Crippen molar-refractivity contribution in [2.45, 2.75) is 32.7 Å². The second-order valence-electron chi connectivity index (χ2n) is 4.78. The van der Waals surface area contributed by atoms with Gasteiger partial charge in [-0.2, -0.15) is 0 Å². The normalized spacial score (nSPS) is 12.1. The number of nitrogens with one attached hydrogen (secondary N) is 1. The van der Waals surface area contributed by atoms with Crippen LogP contribution < -0.4 is 5.32 Å². The van der Waals surface area contributed by atoms with Gasteiger partial charge in [-0.05, 0) is 31.5 Å². The first-order chi connectivity index (χ1) is 9.15. The van der Waals surface area contributed by atoms with Gasteiger partial charge in [-0.1, -0.05) is 29.8 Å². The molecule has 0 aliphatic carbocycles. The molecule has 0 aliphatic heterocycles. The van der Waals surface area contributed by atoms with Crippen LogP contribution >= 0.6 is 0 Å². The minimum atomic E-state index is 0.0321. The third-order valence-corrected chi connectivity index (χ3v) is 3.13. The van der Waals surface area contributed by atoms with Crippen molar-refractivity contribution in [3.8, 4) is 0 Å². The summed E-state index contributed by atoms with van der Waals surface area (Å²) in [4.78, 5) is 11.8. The van der Waals surface area contributed by atoms with E-state index in [0.717, 1.165) is 11.3 Å². The van der Waals surface area contributed by atoms with Crippen LogP contribution in [0.2, 0.25) is 0 Å². The van der Waals surface area contributed by atoms with Crippen LogP contribution in [0.25, 0.3) is 0 Å². The average Bonchev–Trinajstić information content (AvgIpc) is 2.90. The molecule has 1 N–H and O–H groups in total. The van der Waals surface area contributed by atoms with Gasteiger partial charge in [0.05, 0.1) is 12.3 Å². The molecule has 2 aromatic rings. The number of aryl methyl sites for hydroxylation is 2. The number of rotatable bonds is 5. The van der Waals surface area contributed by atoms with Crippen LogP contribution in [0, 0.1) is 6.92 Å². The van der Waals surface area contributed by atoms with Crippen LogP contribution in [-0.2, 0) is 11.2 Å². The maximum atomic E-state index is 11.8. The van der Waals surface area contributed by atoms with Gasteiger partial charge in [0.15, 0.2) is 0 Å². The van der Waals surface area contributed by atoms with E-state index < -0.39 is 0 Å². The summed E-state index contributed by atoms with van der Waals surface area (Å²) in [5.74, 6) is 0.891. The zero-order valence-electron chi connectivity index (χ0n) is 11.3. The smallest absolute Gasteiger partial charge is 0.220 e. The summed E-state index contributed by atoms with van der Waals surface area (Å²) >= 11 is 0. The molecule has 1 atom stereocenters. The Kier molecular flexibility index (Phi) is 4.39. The van der Waals surface area contributed by atoms with Gasteiger partial charge in [0.1, 0.15) is 5.76 Å². The van der Waals surface area contributed by atoms with E-state index in [1.165, 1.54) is 5.56 Å². The van der Waals surface area contributed by atoms with E-state index in [4.69, 9.17) is 4.42 Å². The number of carbonyl (C=O) groups is 1. The van der Waals surface area contributed by atoms with Gasteiger partial charge in [-0.3, -0.25) is 4.79 Å². The van der Waals surface area contributed by atoms with Gasteiger partial charge < -0.3 is 9.73 Å². The lowest BCUT2D eigenvalue weighted by Crippen LogP contribution is -2.26. The Hall–Kier alpha value is -2.03. The first kappa shape index (κ1) is 13.4. The summed E-state index contributed by atoms with van der Waals surface area (Å²) in [5, 5.41) is 3.00. The molecule has 0 bridgehead atoms. The summed E-state index contributed by atoms with van der Waals surface area (Å²) in [5.41, 5.74) is 2.34. The lowest BCUT2D eigenvalue weighted by Gasteiger charge is -2.14. The third-order valence-electron chi connectivity index (χ3n) is 3.13. The van der Waals surface area contributed by atoms with E-state index in [9.17, 15) is 4.79 Å². The number of hydrogen-bond acceptors (Lipinski definition) is 2. The first-order valence-electron chi connectivity index (χ1n) is 6.53. The summed E-state index contributed by atoms with van der Waals surface area (Å²) in [7, 11) is 0. The van der Waals surface area contributed by atoms with Crippen LogP contribution in [0.4, 0.5) is 0 Å². The molecule has 19 heavy (non-hydrogen) atoms. The maximum absolute atomic E-state index is 11.8. The molecule has 1 heterocycles. The molecule has 0 radical (unpaired) electrons. The number of carbonyl (C=O) groups excluding carboxylic acids is 1. The van der Waals surface area contributed by atoms with E-state index in [2.05, 4.69) is 24.4 Å². The van der Waals surface area contributed by atoms with Crippen molar-refractivity contribution in [2.24, 2.45) is 0 Å². The Labute approximate surface area is 113 Å². The summed E-state index contributed by atoms with van der Waals surface area (Å²) < 4.78 is 5.21. The SMILES string of the molecule is Cc1ccc(C(C)NC(=O)CCc2ccco2)cc1. The molecule has 1 aromatic carbocycles. The molecule has 3 heteroatoms. The molecule has 0 saturated carbocycles. The topological polar surface area (TPSA) is 42.2 Å². The van der Waals surface area contributed by atoms with Crippen LogP contribution in [-0.4, -0.2) is 5.91 Å². The number of hydrogen-bond donors (Lipinski definition) is 1. The van der Waals surface area contributed by atoms with E-state index in [1.807, 2.05) is 31.2 Å². The molecule has 1 unspecified atom stereocenters. The summed E-state index contributed by atoms with van der Waals surface area (Å²) in [6, 6.07) is 12.0. The van der Waals surface area contributed by atoms with Gasteiger partial charge in [0.25, 0.3) is 0 Å². The predicted octanol–water partition coefficient (Wildman–Crippen LogP) is 3.40. The molecular weight excluding hydrogens is 238 g/mol. The lowest BCUT2D eigenvalue weighted by atomic mass is 10.1. The van der Waals surface area contributed by atoms with Crippen molar-refractivity contribution < 1.29 is 9.21 Å². The molecule has 100 valence electrons. The monoisotopic (exact) mass is 257 g/mol. The fourth-order valence-corrected chi connectivity index (χ4v) is 1.94. The molecule has 1 amide bonds. The maximum Gasteiger partial charge on any atom is 0.220 e. The van der Waals surface area contributed by atoms with Crippen molar-refractivity contribution >= 4 is 5.91 Å². The third kappa shape index (κ3) is 3.98. The van der Waals surface area contributed by atoms with E-state index >= 15 is 0 Å². The van der Waals surface area contributed by atoms with Crippen LogP contribution in [0.5, 0.6) is 0 Å².